The second-order valence-electron chi connectivity index (χ2n) is 6.67. The van der Waals surface area contributed by atoms with E-state index < -0.39 is 0 Å². The fraction of sp³-hybridized carbons (Fsp3) is 1.00. The van der Waals surface area contributed by atoms with Crippen molar-refractivity contribution in [1.29, 1.82) is 0 Å². The van der Waals surface area contributed by atoms with Crippen LogP contribution in [0.1, 0.15) is 64.7 Å². The highest BCUT2D eigenvalue weighted by Crippen LogP contribution is 2.42. The third-order valence-corrected chi connectivity index (χ3v) is 5.50. The van der Waals surface area contributed by atoms with E-state index in [1.54, 1.807) is 0 Å². The number of hydrogen-bond donors (Lipinski definition) is 1. The zero-order chi connectivity index (χ0) is 12.4. The van der Waals surface area contributed by atoms with Crippen LogP contribution in [0.2, 0.25) is 0 Å². The molecule has 3 aliphatic rings. The van der Waals surface area contributed by atoms with Crippen molar-refractivity contribution in [2.24, 2.45) is 11.8 Å². The van der Waals surface area contributed by atoms with Gasteiger partial charge in [0.05, 0.1) is 12.2 Å². The number of nitrogens with one attached hydrogen (secondary N) is 1. The third kappa shape index (κ3) is 2.75. The molecule has 4 atom stereocenters. The molecule has 104 valence electrons. The Labute approximate surface area is 112 Å². The number of rotatable bonds is 6. The molecule has 2 heterocycles. The molecular weight excluding hydrogens is 222 g/mol. The highest BCUT2D eigenvalue weighted by Gasteiger charge is 2.43. The van der Waals surface area contributed by atoms with E-state index in [2.05, 4.69) is 12.2 Å². The molecule has 18 heavy (non-hydrogen) atoms. The van der Waals surface area contributed by atoms with Crippen molar-refractivity contribution in [3.63, 3.8) is 0 Å². The molecule has 0 spiro atoms. The predicted octanol–water partition coefficient (Wildman–Crippen LogP) is 3.50. The Balaban J connectivity index is 1.51. The first-order valence-corrected chi connectivity index (χ1v) is 8.25. The van der Waals surface area contributed by atoms with Crippen LogP contribution in [-0.2, 0) is 4.74 Å². The second kappa shape index (κ2) is 5.92. The summed E-state index contributed by atoms with van der Waals surface area (Å²) in [6, 6.07) is 0.728. The van der Waals surface area contributed by atoms with Crippen molar-refractivity contribution in [2.45, 2.75) is 83.0 Å². The summed E-state index contributed by atoms with van der Waals surface area (Å²) in [5, 5.41) is 3.75. The van der Waals surface area contributed by atoms with Gasteiger partial charge in [-0.05, 0) is 44.6 Å². The summed E-state index contributed by atoms with van der Waals surface area (Å²) in [5.41, 5.74) is 0. The van der Waals surface area contributed by atoms with Gasteiger partial charge in [0.15, 0.2) is 0 Å². The fourth-order valence-electron chi connectivity index (χ4n) is 4.54. The molecule has 2 saturated heterocycles. The predicted molar refractivity (Wildman–Crippen MR) is 74.7 cm³/mol. The van der Waals surface area contributed by atoms with Crippen molar-refractivity contribution in [3.05, 3.63) is 0 Å². The van der Waals surface area contributed by atoms with Crippen LogP contribution in [0, 0.1) is 11.8 Å². The maximum absolute atomic E-state index is 6.04. The minimum Gasteiger partial charge on any atom is -0.375 e. The summed E-state index contributed by atoms with van der Waals surface area (Å²) in [6.45, 7) is 3.36. The van der Waals surface area contributed by atoms with Gasteiger partial charge < -0.3 is 10.1 Å². The summed E-state index contributed by atoms with van der Waals surface area (Å²) in [4.78, 5) is 0. The van der Waals surface area contributed by atoms with E-state index in [0.29, 0.717) is 12.2 Å². The summed E-state index contributed by atoms with van der Waals surface area (Å²) in [5.74, 6) is 1.84. The van der Waals surface area contributed by atoms with Gasteiger partial charge in [-0.25, -0.2) is 0 Å². The average Bonchev–Trinajstić information content (AvgIpc) is 3.10. The van der Waals surface area contributed by atoms with Crippen LogP contribution >= 0.6 is 0 Å². The van der Waals surface area contributed by atoms with Gasteiger partial charge >= 0.3 is 0 Å². The number of fused-ring (bicyclic) bond motifs is 2. The van der Waals surface area contributed by atoms with E-state index in [-0.39, 0.29) is 0 Å². The van der Waals surface area contributed by atoms with Crippen LogP contribution in [0.15, 0.2) is 0 Å². The van der Waals surface area contributed by atoms with Gasteiger partial charge in [-0.15, -0.1) is 0 Å². The maximum atomic E-state index is 6.04. The molecule has 0 radical (unpaired) electrons. The summed E-state index contributed by atoms with van der Waals surface area (Å²) >= 11 is 0. The molecule has 2 bridgehead atoms. The van der Waals surface area contributed by atoms with Gasteiger partial charge in [-0.3, -0.25) is 0 Å². The molecule has 2 heteroatoms. The van der Waals surface area contributed by atoms with E-state index in [1.807, 2.05) is 0 Å². The Kier molecular flexibility index (Phi) is 4.25. The van der Waals surface area contributed by atoms with Crippen molar-refractivity contribution in [1.82, 2.24) is 5.32 Å². The maximum Gasteiger partial charge on any atom is 0.0623 e. The highest BCUT2D eigenvalue weighted by molar-refractivity contribution is 4.95. The lowest BCUT2D eigenvalue weighted by molar-refractivity contribution is 0.0845. The van der Waals surface area contributed by atoms with E-state index in [4.69, 9.17) is 4.74 Å². The minimum absolute atomic E-state index is 0.586. The lowest BCUT2D eigenvalue weighted by atomic mass is 9.81. The van der Waals surface area contributed by atoms with E-state index >= 15 is 0 Å². The van der Waals surface area contributed by atoms with Crippen molar-refractivity contribution in [2.75, 3.05) is 6.54 Å². The Morgan fingerprint density at radius 3 is 2.61 bits per heavy atom. The number of ether oxygens (including phenoxy) is 1. The smallest absolute Gasteiger partial charge is 0.0623 e. The first-order chi connectivity index (χ1) is 8.86. The van der Waals surface area contributed by atoms with Crippen LogP contribution in [0.25, 0.3) is 0 Å². The van der Waals surface area contributed by atoms with E-state index in [9.17, 15) is 0 Å². The van der Waals surface area contributed by atoms with Gasteiger partial charge in [0, 0.05) is 12.0 Å². The first kappa shape index (κ1) is 12.9. The van der Waals surface area contributed by atoms with Crippen molar-refractivity contribution >= 4 is 0 Å². The molecule has 4 unspecified atom stereocenters. The lowest BCUT2D eigenvalue weighted by Crippen LogP contribution is -2.40. The highest BCUT2D eigenvalue weighted by atomic mass is 16.5. The summed E-state index contributed by atoms with van der Waals surface area (Å²) in [7, 11) is 0. The van der Waals surface area contributed by atoms with Gasteiger partial charge in [0.2, 0.25) is 0 Å². The number of hydrogen-bond acceptors (Lipinski definition) is 2. The molecule has 2 aliphatic heterocycles. The van der Waals surface area contributed by atoms with Crippen molar-refractivity contribution < 1.29 is 4.74 Å². The quantitative estimate of drug-likeness (QED) is 0.780. The third-order valence-electron chi connectivity index (χ3n) is 5.50. The zero-order valence-electron chi connectivity index (χ0n) is 11.9. The normalized spacial score (nSPS) is 37.5. The Bertz CT molecular complexity index is 262. The van der Waals surface area contributed by atoms with Gasteiger partial charge in [-0.2, -0.15) is 0 Å². The van der Waals surface area contributed by atoms with Crippen molar-refractivity contribution in [3.8, 4) is 0 Å². The standard InChI is InChI=1S/C16H29NO/c1-2-17-15(9-7-12-5-3-4-6-12)14-11-13-8-10-16(14)18-13/h12-17H,2-11H2,1H3. The molecular formula is C16H29NO. The lowest BCUT2D eigenvalue weighted by Gasteiger charge is -2.30. The van der Waals surface area contributed by atoms with Crippen LogP contribution in [-0.4, -0.2) is 24.8 Å². The molecule has 0 aromatic rings. The molecule has 1 aliphatic carbocycles. The first-order valence-electron chi connectivity index (χ1n) is 8.25. The Morgan fingerprint density at radius 1 is 1.17 bits per heavy atom. The molecule has 0 amide bonds. The SMILES string of the molecule is CCNC(CCC1CCCC1)C1CC2CCC1O2. The largest absolute Gasteiger partial charge is 0.375 e. The van der Waals surface area contributed by atoms with E-state index in [1.165, 1.54) is 57.8 Å². The summed E-state index contributed by atoms with van der Waals surface area (Å²) in [6.07, 6.45) is 13.9. The Morgan fingerprint density at radius 2 is 2.00 bits per heavy atom. The Hall–Kier alpha value is -0.0800. The molecule has 1 saturated carbocycles. The van der Waals surface area contributed by atoms with Gasteiger partial charge in [0.1, 0.15) is 0 Å². The molecule has 0 aromatic heterocycles. The monoisotopic (exact) mass is 251 g/mol. The summed E-state index contributed by atoms with van der Waals surface area (Å²) < 4.78 is 6.04. The van der Waals surface area contributed by atoms with Crippen LogP contribution in [0.4, 0.5) is 0 Å². The zero-order valence-corrected chi connectivity index (χ0v) is 11.9. The molecule has 1 N–H and O–H groups in total. The molecule has 3 rings (SSSR count). The van der Waals surface area contributed by atoms with Crippen LogP contribution < -0.4 is 5.32 Å². The molecule has 3 fully saturated rings. The van der Waals surface area contributed by atoms with Gasteiger partial charge in [-0.1, -0.05) is 32.6 Å². The van der Waals surface area contributed by atoms with Crippen LogP contribution in [0.5, 0.6) is 0 Å². The van der Waals surface area contributed by atoms with Crippen LogP contribution in [0.3, 0.4) is 0 Å². The average molecular weight is 251 g/mol. The van der Waals surface area contributed by atoms with E-state index in [0.717, 1.165) is 24.4 Å². The fourth-order valence-corrected chi connectivity index (χ4v) is 4.54. The van der Waals surface area contributed by atoms with Gasteiger partial charge in [0.25, 0.3) is 0 Å². The molecule has 0 aromatic carbocycles. The molecule has 2 nitrogen and oxygen atoms in total. The minimum atomic E-state index is 0.586. The second-order valence-corrected chi connectivity index (χ2v) is 6.67. The topological polar surface area (TPSA) is 21.3 Å².